The van der Waals surface area contributed by atoms with Crippen LogP contribution in [-0.2, 0) is 16.3 Å². The van der Waals surface area contributed by atoms with Crippen LogP contribution in [-0.4, -0.2) is 51.0 Å². The molecule has 0 aliphatic carbocycles. The van der Waals surface area contributed by atoms with Crippen molar-refractivity contribution in [2.24, 2.45) is 4.99 Å². The van der Waals surface area contributed by atoms with Crippen LogP contribution < -0.4 is 10.6 Å². The molecule has 6 nitrogen and oxygen atoms in total. The molecule has 2 heterocycles. The zero-order valence-electron chi connectivity index (χ0n) is 14.4. The van der Waals surface area contributed by atoms with Gasteiger partial charge in [0.2, 0.25) is 0 Å². The lowest BCUT2D eigenvalue weighted by molar-refractivity contribution is 0.206. The van der Waals surface area contributed by atoms with E-state index in [1.165, 1.54) is 4.88 Å². The largest absolute Gasteiger partial charge is 0.390 e. The first-order valence-corrected chi connectivity index (χ1v) is 11.4. The normalized spacial score (nSPS) is 13.1. The highest BCUT2D eigenvalue weighted by Crippen LogP contribution is 2.18. The average Bonchev–Trinajstić information content (AvgIpc) is 3.25. The highest BCUT2D eigenvalue weighted by molar-refractivity contribution is 14.0. The van der Waals surface area contributed by atoms with Crippen LogP contribution in [0.5, 0.6) is 0 Å². The Kier molecular flexibility index (Phi) is 10.7. The number of aliphatic hydroxyl groups is 1. The molecular weight excluding hydrogens is 505 g/mol. The maximum Gasteiger partial charge on any atom is 0.191 e. The Balaban J connectivity index is 0.00000338. The number of hydrogen-bond donors (Lipinski definition) is 3. The molecule has 26 heavy (non-hydrogen) atoms. The summed E-state index contributed by atoms with van der Waals surface area (Å²) in [5, 5.41) is 20.1. The number of thiophene rings is 2. The number of nitrogens with zero attached hydrogens (tertiary/aromatic N) is 1. The topological polar surface area (TPSA) is 90.8 Å². The number of aliphatic imine (C=N–C) groups is 1. The Morgan fingerprint density at radius 1 is 1.23 bits per heavy atom. The molecule has 10 heteroatoms. The van der Waals surface area contributed by atoms with Crippen molar-refractivity contribution in [3.63, 3.8) is 0 Å². The molecule has 0 fully saturated rings. The second kappa shape index (κ2) is 11.9. The van der Waals surface area contributed by atoms with Gasteiger partial charge in [-0.3, -0.25) is 4.99 Å². The third-order valence-electron chi connectivity index (χ3n) is 3.26. The van der Waals surface area contributed by atoms with E-state index in [4.69, 9.17) is 0 Å². The van der Waals surface area contributed by atoms with Crippen LogP contribution in [0.25, 0.3) is 0 Å². The van der Waals surface area contributed by atoms with Gasteiger partial charge in [-0.25, -0.2) is 8.42 Å². The second-order valence-corrected chi connectivity index (χ2v) is 9.58. The molecule has 1 unspecified atom stereocenters. The SMILES string of the molecule is CCNC(=NCC(O)CS(=O)(=O)c1cccs1)NCCc1cccs1.I. The van der Waals surface area contributed by atoms with Gasteiger partial charge in [0.1, 0.15) is 4.21 Å². The van der Waals surface area contributed by atoms with Crippen molar-refractivity contribution in [3.8, 4) is 0 Å². The van der Waals surface area contributed by atoms with E-state index in [1.807, 2.05) is 18.4 Å². The summed E-state index contributed by atoms with van der Waals surface area (Å²) < 4.78 is 24.6. The molecule has 0 saturated heterocycles. The summed E-state index contributed by atoms with van der Waals surface area (Å²) in [6.45, 7) is 3.39. The molecule has 3 N–H and O–H groups in total. The maximum atomic E-state index is 12.1. The summed E-state index contributed by atoms with van der Waals surface area (Å²) in [7, 11) is -3.46. The first kappa shape index (κ1) is 23.3. The second-order valence-electron chi connectivity index (χ2n) is 5.34. The predicted octanol–water partition coefficient (Wildman–Crippen LogP) is 2.36. The van der Waals surface area contributed by atoms with Gasteiger partial charge in [-0.15, -0.1) is 46.7 Å². The lowest BCUT2D eigenvalue weighted by atomic mass is 10.3. The Morgan fingerprint density at radius 3 is 2.58 bits per heavy atom. The molecule has 0 saturated carbocycles. The highest BCUT2D eigenvalue weighted by atomic mass is 127. The van der Waals surface area contributed by atoms with Crippen LogP contribution in [0.4, 0.5) is 0 Å². The van der Waals surface area contributed by atoms with Gasteiger partial charge in [-0.1, -0.05) is 12.1 Å². The summed E-state index contributed by atoms with van der Waals surface area (Å²) in [5.74, 6) is 0.248. The minimum atomic E-state index is -3.46. The number of halogens is 1. The van der Waals surface area contributed by atoms with Crippen LogP contribution in [0.3, 0.4) is 0 Å². The van der Waals surface area contributed by atoms with Gasteiger partial charge in [-0.2, -0.15) is 0 Å². The number of rotatable bonds is 9. The molecule has 0 radical (unpaired) electrons. The molecule has 0 amide bonds. The number of nitrogens with one attached hydrogen (secondary N) is 2. The molecule has 2 rings (SSSR count). The summed E-state index contributed by atoms with van der Waals surface area (Å²) in [4.78, 5) is 5.57. The van der Waals surface area contributed by atoms with E-state index >= 15 is 0 Å². The molecule has 146 valence electrons. The lowest BCUT2D eigenvalue weighted by Gasteiger charge is -2.13. The van der Waals surface area contributed by atoms with Gasteiger partial charge in [0.05, 0.1) is 18.4 Å². The highest BCUT2D eigenvalue weighted by Gasteiger charge is 2.20. The molecule has 2 aromatic heterocycles. The van der Waals surface area contributed by atoms with Crippen molar-refractivity contribution in [2.75, 3.05) is 25.4 Å². The minimum Gasteiger partial charge on any atom is -0.390 e. The molecular formula is C16H24IN3O3S3. The van der Waals surface area contributed by atoms with Gasteiger partial charge < -0.3 is 15.7 Å². The molecule has 0 spiro atoms. The maximum absolute atomic E-state index is 12.1. The van der Waals surface area contributed by atoms with Crippen molar-refractivity contribution in [2.45, 2.75) is 23.7 Å². The van der Waals surface area contributed by atoms with Crippen molar-refractivity contribution in [1.82, 2.24) is 10.6 Å². The first-order chi connectivity index (χ1) is 12.0. The van der Waals surface area contributed by atoms with Gasteiger partial charge in [0.15, 0.2) is 15.8 Å². The third-order valence-corrected chi connectivity index (χ3v) is 7.48. The zero-order valence-corrected chi connectivity index (χ0v) is 19.2. The summed E-state index contributed by atoms with van der Waals surface area (Å²) in [6.07, 6.45) is -0.156. The van der Waals surface area contributed by atoms with Gasteiger partial charge in [-0.05, 0) is 36.2 Å². The Hall–Kier alpha value is -0.690. The number of sulfone groups is 1. The van der Waals surface area contributed by atoms with Crippen molar-refractivity contribution in [3.05, 3.63) is 39.9 Å². The van der Waals surface area contributed by atoms with E-state index in [1.54, 1.807) is 28.8 Å². The molecule has 2 aromatic rings. The predicted molar refractivity (Wildman–Crippen MR) is 120 cm³/mol. The van der Waals surface area contributed by atoms with E-state index in [9.17, 15) is 13.5 Å². The van der Waals surface area contributed by atoms with E-state index in [2.05, 4.69) is 21.7 Å². The quantitative estimate of drug-likeness (QED) is 0.264. The minimum absolute atomic E-state index is 0. The standard InChI is InChI=1S/C16H23N3O3S3.HI/c1-2-17-16(18-8-7-14-5-3-9-23-14)19-11-13(20)12-25(21,22)15-6-4-10-24-15;/h3-6,9-10,13,20H,2,7-8,11-12H2,1H3,(H2,17,18,19);1H. The Bertz CT molecular complexity index is 747. The molecule has 0 bridgehead atoms. The van der Waals surface area contributed by atoms with Crippen molar-refractivity contribution in [1.29, 1.82) is 0 Å². The smallest absolute Gasteiger partial charge is 0.191 e. The van der Waals surface area contributed by atoms with E-state index in [0.29, 0.717) is 12.5 Å². The Morgan fingerprint density at radius 2 is 1.96 bits per heavy atom. The van der Waals surface area contributed by atoms with E-state index < -0.39 is 15.9 Å². The fourth-order valence-corrected chi connectivity index (χ4v) is 5.30. The lowest BCUT2D eigenvalue weighted by Crippen LogP contribution is -2.39. The van der Waals surface area contributed by atoms with Crippen LogP contribution >= 0.6 is 46.7 Å². The van der Waals surface area contributed by atoms with E-state index in [0.717, 1.165) is 24.3 Å². The number of guanidine groups is 1. The fraction of sp³-hybridized carbons (Fsp3) is 0.438. The van der Waals surface area contributed by atoms with Gasteiger partial charge in [0.25, 0.3) is 0 Å². The fourth-order valence-electron chi connectivity index (χ4n) is 2.13. The summed E-state index contributed by atoms with van der Waals surface area (Å²) >= 11 is 2.86. The van der Waals surface area contributed by atoms with Crippen LogP contribution in [0.2, 0.25) is 0 Å². The van der Waals surface area contributed by atoms with Crippen LogP contribution in [0.15, 0.2) is 44.2 Å². The molecule has 0 aliphatic heterocycles. The zero-order chi connectivity index (χ0) is 18.1. The van der Waals surface area contributed by atoms with E-state index in [-0.39, 0.29) is 40.5 Å². The summed E-state index contributed by atoms with van der Waals surface area (Å²) in [5.41, 5.74) is 0. The monoisotopic (exact) mass is 529 g/mol. The van der Waals surface area contributed by atoms with Gasteiger partial charge >= 0.3 is 0 Å². The Labute approximate surface area is 179 Å². The third kappa shape index (κ3) is 7.91. The van der Waals surface area contributed by atoms with Crippen molar-refractivity contribution < 1.29 is 13.5 Å². The van der Waals surface area contributed by atoms with Crippen LogP contribution in [0, 0.1) is 0 Å². The van der Waals surface area contributed by atoms with Crippen molar-refractivity contribution >= 4 is 62.4 Å². The summed E-state index contributed by atoms with van der Waals surface area (Å²) in [6, 6.07) is 7.33. The first-order valence-electron chi connectivity index (χ1n) is 8.00. The number of aliphatic hydroxyl groups excluding tert-OH is 1. The molecule has 0 aliphatic rings. The average molecular weight is 529 g/mol. The molecule has 1 atom stereocenters. The van der Waals surface area contributed by atoms with Crippen LogP contribution in [0.1, 0.15) is 11.8 Å². The van der Waals surface area contributed by atoms with Gasteiger partial charge in [0, 0.05) is 18.0 Å². The molecule has 0 aromatic carbocycles. The number of hydrogen-bond acceptors (Lipinski definition) is 6.